The van der Waals surface area contributed by atoms with E-state index < -0.39 is 8.07 Å². The minimum Gasteiger partial charge on any atom is -0.139 e. The number of fused-ring (bicyclic) bond motifs is 4. The molecular formula is C37H42SSi. The Labute approximate surface area is 240 Å². The van der Waals surface area contributed by atoms with Crippen LogP contribution in [0, 0.1) is 0 Å². The van der Waals surface area contributed by atoms with Gasteiger partial charge in [-0.05, 0) is 71.2 Å². The van der Waals surface area contributed by atoms with Crippen LogP contribution < -0.4 is 0 Å². The van der Waals surface area contributed by atoms with Gasteiger partial charge in [-0.1, -0.05) is 125 Å². The molecule has 2 aliphatic carbocycles. The van der Waals surface area contributed by atoms with Gasteiger partial charge in [0, 0.05) is 26.0 Å². The molecule has 3 aromatic carbocycles. The summed E-state index contributed by atoms with van der Waals surface area (Å²) in [6.45, 7) is 19.2. The van der Waals surface area contributed by atoms with E-state index in [2.05, 4.69) is 140 Å². The Morgan fingerprint density at radius 2 is 1.49 bits per heavy atom. The zero-order valence-electron chi connectivity index (χ0n) is 24.9. The predicted molar refractivity (Wildman–Crippen MR) is 177 cm³/mol. The molecule has 2 unspecified atom stereocenters. The lowest BCUT2D eigenvalue weighted by atomic mass is 9.86. The van der Waals surface area contributed by atoms with Gasteiger partial charge in [-0.2, -0.15) is 0 Å². The lowest BCUT2D eigenvalue weighted by Crippen LogP contribution is -2.47. The molecule has 2 atom stereocenters. The highest BCUT2D eigenvalue weighted by Gasteiger charge is 2.52. The molecule has 0 bridgehead atoms. The van der Waals surface area contributed by atoms with Gasteiger partial charge >= 0.3 is 0 Å². The Morgan fingerprint density at radius 3 is 2.15 bits per heavy atom. The molecule has 6 rings (SSSR count). The fraction of sp³-hybridized carbons (Fsp3) is 0.351. The van der Waals surface area contributed by atoms with Crippen LogP contribution in [-0.4, -0.2) is 8.07 Å². The molecule has 0 saturated heterocycles. The zero-order chi connectivity index (χ0) is 27.7. The first kappa shape index (κ1) is 26.5. The summed E-state index contributed by atoms with van der Waals surface area (Å²) in [5, 5.41) is 1.46. The maximum Gasteiger partial charge on any atom is 0.0787 e. The second-order valence-corrected chi connectivity index (χ2v) is 19.1. The Morgan fingerprint density at radius 1 is 0.795 bits per heavy atom. The number of allylic oxidation sites excluding steroid dienone is 3. The third-order valence-corrected chi connectivity index (χ3v) is 18.0. The largest absolute Gasteiger partial charge is 0.139 e. The second kappa shape index (κ2) is 9.46. The SMILES string of the molecule is CC[Si](CC)(C1C(C)=Cc2c(-c3ccc(C(C)(C)C)cc3)cccc21)C1C(C)=C(C)c2c1sc1ccccc21. The average Bonchev–Trinajstić information content (AvgIpc) is 3.55. The summed E-state index contributed by atoms with van der Waals surface area (Å²) in [5.41, 5.74) is 14.8. The van der Waals surface area contributed by atoms with Gasteiger partial charge in [-0.3, -0.25) is 0 Å². The lowest BCUT2D eigenvalue weighted by molar-refractivity contribution is 0.590. The molecule has 2 heteroatoms. The minimum atomic E-state index is -1.88. The van der Waals surface area contributed by atoms with Gasteiger partial charge in [0.25, 0.3) is 0 Å². The molecule has 0 amide bonds. The lowest BCUT2D eigenvalue weighted by Gasteiger charge is -2.43. The first-order valence-corrected chi connectivity index (χ1v) is 18.1. The predicted octanol–water partition coefficient (Wildman–Crippen LogP) is 11.5. The summed E-state index contributed by atoms with van der Waals surface area (Å²) >= 11 is 2.08. The van der Waals surface area contributed by atoms with Crippen LogP contribution in [-0.2, 0) is 5.41 Å². The van der Waals surface area contributed by atoms with Crippen LogP contribution in [0.25, 0.3) is 32.9 Å². The third kappa shape index (κ3) is 3.90. The molecule has 2 aliphatic rings. The van der Waals surface area contributed by atoms with E-state index in [9.17, 15) is 0 Å². The normalized spacial score (nSPS) is 19.0. The molecule has 0 aliphatic heterocycles. The van der Waals surface area contributed by atoms with Gasteiger partial charge in [0.15, 0.2) is 0 Å². The highest BCUT2D eigenvalue weighted by atomic mass is 32.1. The summed E-state index contributed by atoms with van der Waals surface area (Å²) in [7, 11) is -1.88. The van der Waals surface area contributed by atoms with Crippen molar-refractivity contribution in [2.24, 2.45) is 0 Å². The van der Waals surface area contributed by atoms with E-state index in [0.29, 0.717) is 11.1 Å². The standard InChI is InChI=1S/C37H42SSi/c1-9-39(10-2,36-25(5)24(4)33-30-14-11-12-17-32(30)38-34(33)36)35-23(3)22-31-28(15-13-16-29(31)35)26-18-20-27(21-19-26)37(6,7)8/h11-22,35-36H,9-10H2,1-8H3. The van der Waals surface area contributed by atoms with Crippen LogP contribution in [0.1, 0.15) is 93.6 Å². The summed E-state index contributed by atoms with van der Waals surface area (Å²) in [6.07, 6.45) is 2.55. The van der Waals surface area contributed by atoms with Crippen molar-refractivity contribution in [2.45, 2.75) is 84.0 Å². The van der Waals surface area contributed by atoms with E-state index in [1.807, 2.05) is 0 Å². The molecule has 0 N–H and O–H groups in total. The number of hydrogen-bond donors (Lipinski definition) is 0. The van der Waals surface area contributed by atoms with Gasteiger partial charge < -0.3 is 0 Å². The molecule has 0 radical (unpaired) electrons. The summed E-state index contributed by atoms with van der Waals surface area (Å²) in [6, 6.07) is 28.1. The fourth-order valence-corrected chi connectivity index (χ4v) is 16.2. The van der Waals surface area contributed by atoms with Crippen molar-refractivity contribution in [3.63, 3.8) is 0 Å². The molecule has 0 saturated carbocycles. The molecule has 0 spiro atoms. The van der Waals surface area contributed by atoms with Crippen LogP contribution in [0.5, 0.6) is 0 Å². The van der Waals surface area contributed by atoms with Crippen LogP contribution >= 0.6 is 11.3 Å². The Kier molecular flexibility index (Phi) is 6.43. The maximum atomic E-state index is 2.55. The summed E-state index contributed by atoms with van der Waals surface area (Å²) in [4.78, 5) is 1.66. The summed E-state index contributed by atoms with van der Waals surface area (Å²) in [5.74, 6) is 0. The van der Waals surface area contributed by atoms with Crippen molar-refractivity contribution >= 4 is 41.1 Å². The monoisotopic (exact) mass is 546 g/mol. The van der Waals surface area contributed by atoms with Gasteiger partial charge in [0.2, 0.25) is 0 Å². The Hall–Kier alpha value is -2.68. The highest BCUT2D eigenvalue weighted by Crippen LogP contribution is 2.60. The van der Waals surface area contributed by atoms with Crippen LogP contribution in [0.4, 0.5) is 0 Å². The topological polar surface area (TPSA) is 0 Å². The smallest absolute Gasteiger partial charge is 0.0787 e. The fourth-order valence-electron chi connectivity index (χ4n) is 7.91. The first-order valence-electron chi connectivity index (χ1n) is 14.7. The van der Waals surface area contributed by atoms with Gasteiger partial charge in [0.1, 0.15) is 0 Å². The molecule has 4 aromatic rings. The van der Waals surface area contributed by atoms with E-state index in [-0.39, 0.29) is 5.41 Å². The van der Waals surface area contributed by atoms with Gasteiger partial charge in [-0.15, -0.1) is 11.3 Å². The Bertz CT molecular complexity index is 1630. The molecule has 200 valence electrons. The van der Waals surface area contributed by atoms with Gasteiger partial charge in [-0.25, -0.2) is 0 Å². The van der Waals surface area contributed by atoms with Crippen molar-refractivity contribution in [1.29, 1.82) is 0 Å². The van der Waals surface area contributed by atoms with Crippen LogP contribution in [0.15, 0.2) is 77.9 Å². The summed E-state index contributed by atoms with van der Waals surface area (Å²) < 4.78 is 1.45. The highest BCUT2D eigenvalue weighted by molar-refractivity contribution is 7.20. The van der Waals surface area contributed by atoms with Gasteiger partial charge in [0.05, 0.1) is 8.07 Å². The molecule has 39 heavy (non-hydrogen) atoms. The number of hydrogen-bond acceptors (Lipinski definition) is 1. The molecule has 0 nitrogen and oxygen atoms in total. The second-order valence-electron chi connectivity index (χ2n) is 13.0. The molecule has 1 aromatic heterocycles. The minimum absolute atomic E-state index is 0.169. The van der Waals surface area contributed by atoms with E-state index in [1.54, 1.807) is 32.7 Å². The van der Waals surface area contributed by atoms with E-state index in [4.69, 9.17) is 0 Å². The first-order chi connectivity index (χ1) is 18.6. The van der Waals surface area contributed by atoms with E-state index >= 15 is 0 Å². The zero-order valence-corrected chi connectivity index (χ0v) is 26.7. The molecule has 0 fully saturated rings. The van der Waals surface area contributed by atoms with Crippen molar-refractivity contribution < 1.29 is 0 Å². The van der Waals surface area contributed by atoms with Crippen molar-refractivity contribution in [3.05, 3.63) is 105 Å². The Balaban J connectivity index is 1.50. The average molecular weight is 547 g/mol. The van der Waals surface area contributed by atoms with Crippen LogP contribution in [0.2, 0.25) is 12.1 Å². The number of rotatable bonds is 5. The quantitative estimate of drug-likeness (QED) is 0.218. The number of benzene rings is 3. The van der Waals surface area contributed by atoms with Crippen molar-refractivity contribution in [2.75, 3.05) is 0 Å². The third-order valence-electron chi connectivity index (χ3n) is 10.1. The maximum absolute atomic E-state index is 2.55. The van der Waals surface area contributed by atoms with Crippen molar-refractivity contribution in [3.8, 4) is 11.1 Å². The van der Waals surface area contributed by atoms with Crippen LogP contribution in [0.3, 0.4) is 0 Å². The number of thiophene rings is 1. The molecule has 1 heterocycles. The van der Waals surface area contributed by atoms with Crippen molar-refractivity contribution in [1.82, 2.24) is 0 Å². The molecular weight excluding hydrogens is 505 g/mol. The van der Waals surface area contributed by atoms with E-state index in [0.717, 1.165) is 0 Å². The van der Waals surface area contributed by atoms with E-state index in [1.165, 1.54) is 44.4 Å².